The van der Waals surface area contributed by atoms with Gasteiger partial charge >= 0.3 is 0 Å². The van der Waals surface area contributed by atoms with E-state index >= 15 is 0 Å². The minimum absolute atomic E-state index is 0.0599. The van der Waals surface area contributed by atoms with Crippen LogP contribution < -0.4 is 0 Å². The molecule has 1 aliphatic rings. The molecular formula is C12H13BrFNO2. The Balaban J connectivity index is 1.97. The van der Waals surface area contributed by atoms with Crippen LogP contribution in [0.2, 0.25) is 0 Å². The van der Waals surface area contributed by atoms with Crippen LogP contribution in [0, 0.1) is 5.82 Å². The highest BCUT2D eigenvalue weighted by Crippen LogP contribution is 2.18. The summed E-state index contributed by atoms with van der Waals surface area (Å²) < 4.78 is 19.3. The third-order valence-electron chi connectivity index (χ3n) is 2.88. The molecule has 1 aromatic carbocycles. The van der Waals surface area contributed by atoms with Gasteiger partial charge in [-0.3, -0.25) is 4.79 Å². The summed E-state index contributed by atoms with van der Waals surface area (Å²) in [5, 5.41) is 0. The molecule has 1 amide bonds. The van der Waals surface area contributed by atoms with Gasteiger partial charge in [0.1, 0.15) is 5.82 Å². The van der Waals surface area contributed by atoms with Crippen LogP contribution in [-0.2, 0) is 16.0 Å². The van der Waals surface area contributed by atoms with E-state index in [-0.39, 0.29) is 24.2 Å². The summed E-state index contributed by atoms with van der Waals surface area (Å²) >= 11 is 3.26. The van der Waals surface area contributed by atoms with Crippen LogP contribution in [0.3, 0.4) is 0 Å². The van der Waals surface area contributed by atoms with Gasteiger partial charge < -0.3 is 9.64 Å². The second-order valence-corrected chi connectivity index (χ2v) is 4.98. The lowest BCUT2D eigenvalue weighted by Gasteiger charge is -2.38. The van der Waals surface area contributed by atoms with E-state index in [1.807, 2.05) is 0 Å². The Kier molecular flexibility index (Phi) is 3.79. The van der Waals surface area contributed by atoms with E-state index in [1.54, 1.807) is 24.1 Å². The molecule has 1 aliphatic heterocycles. The zero-order valence-corrected chi connectivity index (χ0v) is 11.0. The van der Waals surface area contributed by atoms with Gasteiger partial charge in [0.2, 0.25) is 5.91 Å². The van der Waals surface area contributed by atoms with Gasteiger partial charge in [-0.15, -0.1) is 0 Å². The molecule has 1 aromatic rings. The van der Waals surface area contributed by atoms with Crippen LogP contribution in [0.25, 0.3) is 0 Å². The predicted molar refractivity (Wildman–Crippen MR) is 65.2 cm³/mol. The van der Waals surface area contributed by atoms with Crippen molar-refractivity contribution in [1.29, 1.82) is 0 Å². The number of amides is 1. The van der Waals surface area contributed by atoms with Crippen molar-refractivity contribution < 1.29 is 13.9 Å². The maximum absolute atomic E-state index is 13.4. The third-order valence-corrected chi connectivity index (χ3v) is 3.38. The molecule has 0 aromatic heterocycles. The summed E-state index contributed by atoms with van der Waals surface area (Å²) in [6.07, 6.45) is 0.230. The van der Waals surface area contributed by atoms with E-state index in [1.165, 1.54) is 6.07 Å². The van der Waals surface area contributed by atoms with Crippen LogP contribution in [0.5, 0.6) is 0 Å². The van der Waals surface area contributed by atoms with Crippen LogP contribution in [0.4, 0.5) is 4.39 Å². The van der Waals surface area contributed by atoms with Gasteiger partial charge in [0.05, 0.1) is 12.5 Å². The Morgan fingerprint density at radius 1 is 1.59 bits per heavy atom. The van der Waals surface area contributed by atoms with Crippen LogP contribution in [-0.4, -0.2) is 37.1 Å². The number of likely N-dealkylation sites (tertiary alicyclic amines) is 1. The SMILES string of the molecule is COC1CN(C(=O)Cc2cc(Br)ccc2F)C1. The Labute approximate surface area is 108 Å². The molecule has 92 valence electrons. The number of halogens is 2. The Morgan fingerprint density at radius 2 is 2.29 bits per heavy atom. The molecule has 0 unspecified atom stereocenters. The molecule has 0 spiro atoms. The van der Waals surface area contributed by atoms with Crippen LogP contribution in [0.1, 0.15) is 5.56 Å². The third kappa shape index (κ3) is 2.84. The second kappa shape index (κ2) is 5.14. The van der Waals surface area contributed by atoms with E-state index in [0.29, 0.717) is 18.7 Å². The van der Waals surface area contributed by atoms with E-state index in [4.69, 9.17) is 4.74 Å². The molecule has 1 fully saturated rings. The molecule has 17 heavy (non-hydrogen) atoms. The van der Waals surface area contributed by atoms with Crippen molar-refractivity contribution in [3.63, 3.8) is 0 Å². The second-order valence-electron chi connectivity index (χ2n) is 4.07. The average Bonchev–Trinajstić information content (AvgIpc) is 2.22. The van der Waals surface area contributed by atoms with E-state index in [2.05, 4.69) is 15.9 Å². The van der Waals surface area contributed by atoms with Gasteiger partial charge in [0, 0.05) is 24.7 Å². The monoisotopic (exact) mass is 301 g/mol. The van der Waals surface area contributed by atoms with Gasteiger partial charge in [0.15, 0.2) is 0 Å². The number of hydrogen-bond acceptors (Lipinski definition) is 2. The first-order valence-corrected chi connectivity index (χ1v) is 6.14. The molecule has 0 atom stereocenters. The molecule has 5 heteroatoms. The minimum Gasteiger partial charge on any atom is -0.378 e. The smallest absolute Gasteiger partial charge is 0.227 e. The predicted octanol–water partition coefficient (Wildman–Crippen LogP) is 1.99. The average molecular weight is 302 g/mol. The molecule has 3 nitrogen and oxygen atoms in total. The van der Waals surface area contributed by atoms with Crippen LogP contribution in [0.15, 0.2) is 22.7 Å². The number of nitrogens with zero attached hydrogens (tertiary/aromatic N) is 1. The number of hydrogen-bond donors (Lipinski definition) is 0. The van der Waals surface area contributed by atoms with Gasteiger partial charge in [0.25, 0.3) is 0 Å². The highest BCUT2D eigenvalue weighted by molar-refractivity contribution is 9.10. The van der Waals surface area contributed by atoms with Crippen molar-refractivity contribution in [2.24, 2.45) is 0 Å². The Bertz CT molecular complexity index is 433. The molecule has 0 saturated carbocycles. The molecule has 0 aliphatic carbocycles. The summed E-state index contributed by atoms with van der Waals surface area (Å²) in [4.78, 5) is 13.5. The normalized spacial score (nSPS) is 15.8. The first-order valence-electron chi connectivity index (χ1n) is 5.34. The highest BCUT2D eigenvalue weighted by atomic mass is 79.9. The van der Waals surface area contributed by atoms with Crippen molar-refractivity contribution in [2.75, 3.05) is 20.2 Å². The van der Waals surface area contributed by atoms with E-state index in [9.17, 15) is 9.18 Å². The first-order chi connectivity index (χ1) is 8.10. The lowest BCUT2D eigenvalue weighted by molar-refractivity contribution is -0.142. The minimum atomic E-state index is -0.342. The number of methoxy groups -OCH3 is 1. The lowest BCUT2D eigenvalue weighted by atomic mass is 10.1. The summed E-state index contributed by atoms with van der Waals surface area (Å²) in [7, 11) is 1.63. The van der Waals surface area contributed by atoms with Crippen LogP contribution >= 0.6 is 15.9 Å². The van der Waals surface area contributed by atoms with Crippen molar-refractivity contribution in [3.05, 3.63) is 34.1 Å². The molecule has 1 saturated heterocycles. The topological polar surface area (TPSA) is 29.5 Å². The number of carbonyl (C=O) groups is 1. The first kappa shape index (κ1) is 12.5. The van der Waals surface area contributed by atoms with Crippen molar-refractivity contribution >= 4 is 21.8 Å². The Hall–Kier alpha value is -0.940. The fraction of sp³-hybridized carbons (Fsp3) is 0.417. The summed E-state index contributed by atoms with van der Waals surface area (Å²) in [5.41, 5.74) is 0.422. The molecule has 0 bridgehead atoms. The number of rotatable bonds is 3. The van der Waals surface area contributed by atoms with Gasteiger partial charge in [-0.05, 0) is 23.8 Å². The number of benzene rings is 1. The zero-order valence-electron chi connectivity index (χ0n) is 9.45. The standard InChI is InChI=1S/C12H13BrFNO2/c1-17-10-6-15(7-10)12(16)5-8-4-9(13)2-3-11(8)14/h2-4,10H,5-7H2,1H3. The molecule has 0 radical (unpaired) electrons. The van der Waals surface area contributed by atoms with Crippen molar-refractivity contribution in [3.8, 4) is 0 Å². The summed E-state index contributed by atoms with van der Waals surface area (Å²) in [6, 6.07) is 4.62. The van der Waals surface area contributed by atoms with Gasteiger partial charge in [-0.25, -0.2) is 4.39 Å². The molecule has 0 N–H and O–H groups in total. The van der Waals surface area contributed by atoms with E-state index in [0.717, 1.165) is 4.47 Å². The zero-order chi connectivity index (χ0) is 12.4. The fourth-order valence-electron chi connectivity index (χ4n) is 1.74. The maximum atomic E-state index is 13.4. The number of carbonyl (C=O) groups excluding carboxylic acids is 1. The largest absolute Gasteiger partial charge is 0.378 e. The maximum Gasteiger partial charge on any atom is 0.227 e. The summed E-state index contributed by atoms with van der Waals surface area (Å²) in [5.74, 6) is -0.402. The molecule has 2 rings (SSSR count). The summed E-state index contributed by atoms with van der Waals surface area (Å²) in [6.45, 7) is 1.20. The van der Waals surface area contributed by atoms with Gasteiger partial charge in [-0.2, -0.15) is 0 Å². The fourth-order valence-corrected chi connectivity index (χ4v) is 2.15. The lowest BCUT2D eigenvalue weighted by Crippen LogP contribution is -2.54. The quantitative estimate of drug-likeness (QED) is 0.854. The molecular weight excluding hydrogens is 289 g/mol. The highest BCUT2D eigenvalue weighted by Gasteiger charge is 2.30. The van der Waals surface area contributed by atoms with E-state index < -0.39 is 0 Å². The van der Waals surface area contributed by atoms with Crippen molar-refractivity contribution in [1.82, 2.24) is 4.90 Å². The Morgan fingerprint density at radius 3 is 2.94 bits per heavy atom. The van der Waals surface area contributed by atoms with Crippen molar-refractivity contribution in [2.45, 2.75) is 12.5 Å². The van der Waals surface area contributed by atoms with Gasteiger partial charge in [-0.1, -0.05) is 15.9 Å². The molecule has 1 heterocycles. The number of ether oxygens (including phenoxy) is 1.